The second-order valence-electron chi connectivity index (χ2n) is 6.02. The Morgan fingerprint density at radius 2 is 1.78 bits per heavy atom. The number of nitrogens with one attached hydrogen (secondary N) is 2. The van der Waals surface area contributed by atoms with Crippen molar-refractivity contribution in [1.82, 2.24) is 15.0 Å². The number of anilines is 2. The lowest BCUT2D eigenvalue weighted by molar-refractivity contribution is 1.12. The molecule has 0 bridgehead atoms. The number of H-pyrrole nitrogens is 1. The van der Waals surface area contributed by atoms with Crippen molar-refractivity contribution in [2.45, 2.75) is 6.42 Å². The number of nitrogens with zero attached hydrogens (tertiary/aromatic N) is 2. The molecule has 134 valence electrons. The predicted molar refractivity (Wildman–Crippen MR) is 109 cm³/mol. The number of pyridine rings is 3. The molecule has 0 amide bonds. The smallest absolute Gasteiger partial charge is 0.251 e. The van der Waals surface area contributed by atoms with Gasteiger partial charge in [0.25, 0.3) is 5.56 Å². The Kier molecular flexibility index (Phi) is 4.79. The Morgan fingerprint density at radius 1 is 1.04 bits per heavy atom. The van der Waals surface area contributed by atoms with E-state index < -0.39 is 0 Å². The van der Waals surface area contributed by atoms with Crippen LogP contribution in [0.1, 0.15) is 11.1 Å². The summed E-state index contributed by atoms with van der Waals surface area (Å²) in [5, 5.41) is 5.08. The summed E-state index contributed by atoms with van der Waals surface area (Å²) in [5.74, 6) is 0.631. The molecule has 0 aliphatic heterocycles. The highest BCUT2D eigenvalue weighted by Gasteiger charge is 2.11. The second-order valence-corrected chi connectivity index (χ2v) is 6.83. The van der Waals surface area contributed by atoms with Gasteiger partial charge in [0.2, 0.25) is 0 Å². The molecule has 0 spiro atoms. The fraction of sp³-hybridized carbons (Fsp3) is 0.0500. The van der Waals surface area contributed by atoms with Crippen molar-refractivity contribution in [1.29, 1.82) is 0 Å². The first-order chi connectivity index (χ1) is 13.1. The minimum Gasteiger partial charge on any atom is -0.340 e. The zero-order valence-corrected chi connectivity index (χ0v) is 15.6. The minimum absolute atomic E-state index is 0.181. The molecule has 0 saturated carbocycles. The van der Waals surface area contributed by atoms with Gasteiger partial charge in [-0.2, -0.15) is 0 Å². The molecule has 7 heteroatoms. The largest absolute Gasteiger partial charge is 0.340 e. The van der Waals surface area contributed by atoms with Gasteiger partial charge in [0.05, 0.1) is 5.52 Å². The zero-order valence-electron chi connectivity index (χ0n) is 14.0. The zero-order chi connectivity index (χ0) is 18.8. The van der Waals surface area contributed by atoms with Crippen LogP contribution in [0.15, 0.2) is 65.8 Å². The molecule has 0 aliphatic carbocycles. The summed E-state index contributed by atoms with van der Waals surface area (Å²) >= 11 is 12.5. The maximum atomic E-state index is 12.5. The van der Waals surface area contributed by atoms with Crippen LogP contribution in [0.4, 0.5) is 11.5 Å². The summed E-state index contributed by atoms with van der Waals surface area (Å²) in [7, 11) is 0. The molecular formula is C20H14Cl2N4O. The Morgan fingerprint density at radius 3 is 2.52 bits per heavy atom. The molecule has 5 nitrogen and oxygen atoms in total. The van der Waals surface area contributed by atoms with Crippen LogP contribution in [0.2, 0.25) is 10.0 Å². The second kappa shape index (κ2) is 7.39. The highest BCUT2D eigenvalue weighted by Crippen LogP contribution is 2.27. The van der Waals surface area contributed by atoms with E-state index in [0.717, 1.165) is 16.6 Å². The Hall–Kier alpha value is -2.89. The van der Waals surface area contributed by atoms with E-state index in [9.17, 15) is 4.79 Å². The van der Waals surface area contributed by atoms with Crippen molar-refractivity contribution in [3.8, 4) is 0 Å². The van der Waals surface area contributed by atoms with Gasteiger partial charge in [-0.1, -0.05) is 29.3 Å². The third-order valence-electron chi connectivity index (χ3n) is 4.19. The summed E-state index contributed by atoms with van der Waals surface area (Å²) in [6.07, 6.45) is 5.45. The van der Waals surface area contributed by atoms with E-state index in [1.54, 1.807) is 42.9 Å². The topological polar surface area (TPSA) is 70.7 Å². The first-order valence-corrected chi connectivity index (χ1v) is 8.97. The van der Waals surface area contributed by atoms with Gasteiger partial charge in [0.1, 0.15) is 5.82 Å². The molecule has 0 fully saturated rings. The van der Waals surface area contributed by atoms with E-state index >= 15 is 0 Å². The minimum atomic E-state index is -0.181. The van der Waals surface area contributed by atoms with Crippen molar-refractivity contribution in [2.24, 2.45) is 0 Å². The number of hydrogen-bond acceptors (Lipinski definition) is 4. The number of halogens is 2. The first-order valence-electron chi connectivity index (χ1n) is 8.22. The van der Waals surface area contributed by atoms with E-state index in [-0.39, 0.29) is 5.56 Å². The lowest BCUT2D eigenvalue weighted by Crippen LogP contribution is -2.13. The van der Waals surface area contributed by atoms with Crippen molar-refractivity contribution in [2.75, 3.05) is 5.32 Å². The third-order valence-corrected chi connectivity index (χ3v) is 4.89. The Labute approximate surface area is 165 Å². The lowest BCUT2D eigenvalue weighted by Gasteiger charge is -2.09. The molecule has 1 aromatic carbocycles. The molecule has 0 radical (unpaired) electrons. The number of benzene rings is 1. The van der Waals surface area contributed by atoms with Crippen LogP contribution >= 0.6 is 23.2 Å². The molecule has 0 aliphatic rings. The van der Waals surface area contributed by atoms with Gasteiger partial charge in [-0.3, -0.25) is 9.78 Å². The molecule has 3 heterocycles. The highest BCUT2D eigenvalue weighted by molar-refractivity contribution is 6.36. The van der Waals surface area contributed by atoms with Crippen LogP contribution in [-0.2, 0) is 6.42 Å². The first kappa shape index (κ1) is 17.5. The van der Waals surface area contributed by atoms with Gasteiger partial charge >= 0.3 is 0 Å². The maximum absolute atomic E-state index is 12.5. The van der Waals surface area contributed by atoms with E-state index in [1.807, 2.05) is 18.2 Å². The Balaban J connectivity index is 1.68. The van der Waals surface area contributed by atoms with Crippen molar-refractivity contribution in [3.05, 3.63) is 92.6 Å². The van der Waals surface area contributed by atoms with Crippen molar-refractivity contribution in [3.63, 3.8) is 0 Å². The van der Waals surface area contributed by atoms with Gasteiger partial charge in [0, 0.05) is 57.8 Å². The van der Waals surface area contributed by atoms with Crippen LogP contribution < -0.4 is 10.9 Å². The standard InChI is InChI=1S/C20H14Cl2N4O/c21-16-2-1-3-17(22)15(16)9-12-8-13-11-24-19(10-18(13)26-20(12)27)25-14-4-6-23-7-5-14/h1-8,10-11H,9H2,(H,26,27)(H,23,24,25). The predicted octanol–water partition coefficient (Wildman–Crippen LogP) is 4.96. The molecule has 4 rings (SSSR count). The number of aromatic amines is 1. The van der Waals surface area contributed by atoms with Crippen LogP contribution in [0, 0.1) is 0 Å². The van der Waals surface area contributed by atoms with Crippen LogP contribution in [-0.4, -0.2) is 15.0 Å². The number of aromatic nitrogens is 3. The quantitative estimate of drug-likeness (QED) is 0.511. The van der Waals surface area contributed by atoms with E-state index in [0.29, 0.717) is 33.4 Å². The fourth-order valence-corrected chi connectivity index (χ4v) is 3.35. The number of rotatable bonds is 4. The number of hydrogen-bond donors (Lipinski definition) is 2. The lowest BCUT2D eigenvalue weighted by atomic mass is 10.0. The van der Waals surface area contributed by atoms with E-state index in [1.165, 1.54) is 0 Å². The van der Waals surface area contributed by atoms with Gasteiger partial charge in [0.15, 0.2) is 0 Å². The number of fused-ring (bicyclic) bond motifs is 1. The molecule has 2 N–H and O–H groups in total. The van der Waals surface area contributed by atoms with Gasteiger partial charge in [-0.05, 0) is 35.9 Å². The van der Waals surface area contributed by atoms with Gasteiger partial charge in [-0.15, -0.1) is 0 Å². The summed E-state index contributed by atoms with van der Waals surface area (Å²) in [6.45, 7) is 0. The average molecular weight is 397 g/mol. The maximum Gasteiger partial charge on any atom is 0.251 e. The molecule has 0 atom stereocenters. The molecule has 4 aromatic rings. The van der Waals surface area contributed by atoms with E-state index in [4.69, 9.17) is 23.2 Å². The summed E-state index contributed by atoms with van der Waals surface area (Å²) in [6, 6.07) is 12.6. The SMILES string of the molecule is O=c1[nH]c2cc(Nc3ccncc3)ncc2cc1Cc1c(Cl)cccc1Cl. The summed E-state index contributed by atoms with van der Waals surface area (Å²) < 4.78 is 0. The fourth-order valence-electron chi connectivity index (χ4n) is 2.82. The summed E-state index contributed by atoms with van der Waals surface area (Å²) in [5.41, 5.74) is 2.69. The van der Waals surface area contributed by atoms with E-state index in [2.05, 4.69) is 20.3 Å². The van der Waals surface area contributed by atoms with Crippen LogP contribution in [0.5, 0.6) is 0 Å². The monoisotopic (exact) mass is 396 g/mol. The van der Waals surface area contributed by atoms with Crippen molar-refractivity contribution < 1.29 is 0 Å². The molecular weight excluding hydrogens is 383 g/mol. The van der Waals surface area contributed by atoms with Crippen molar-refractivity contribution >= 4 is 45.6 Å². The molecule has 27 heavy (non-hydrogen) atoms. The molecule has 0 saturated heterocycles. The highest BCUT2D eigenvalue weighted by atomic mass is 35.5. The average Bonchev–Trinajstić information content (AvgIpc) is 2.66. The third kappa shape index (κ3) is 3.79. The normalized spacial score (nSPS) is 10.9. The van der Waals surface area contributed by atoms with Gasteiger partial charge < -0.3 is 10.3 Å². The molecule has 3 aromatic heterocycles. The van der Waals surface area contributed by atoms with Crippen LogP contribution in [0.3, 0.4) is 0 Å². The summed E-state index contributed by atoms with van der Waals surface area (Å²) in [4.78, 5) is 23.8. The molecule has 0 unspecified atom stereocenters. The van der Waals surface area contributed by atoms with Gasteiger partial charge in [-0.25, -0.2) is 4.98 Å². The Bertz CT molecular complexity index is 1160. The van der Waals surface area contributed by atoms with Crippen LogP contribution in [0.25, 0.3) is 10.9 Å².